The lowest BCUT2D eigenvalue weighted by atomic mass is 10.2. The number of aromatic amines is 1. The largest absolute Gasteiger partial charge is 0.340 e. The zero-order valence-electron chi connectivity index (χ0n) is 12.2. The van der Waals surface area contributed by atoms with E-state index < -0.39 is 0 Å². The molecule has 1 aliphatic heterocycles. The number of thioether (sulfide) groups is 1. The summed E-state index contributed by atoms with van der Waals surface area (Å²) in [5.74, 6) is 1.01. The first-order valence-corrected chi connectivity index (χ1v) is 8.28. The van der Waals surface area contributed by atoms with E-state index in [1.807, 2.05) is 11.0 Å². The third-order valence-corrected chi connectivity index (χ3v) is 4.52. The molecular weight excluding hydrogens is 284 g/mol. The molecule has 1 aromatic heterocycles. The lowest BCUT2D eigenvalue weighted by Crippen LogP contribution is -2.46. The molecule has 0 bridgehead atoms. The molecule has 1 aromatic carbocycles. The van der Waals surface area contributed by atoms with Crippen LogP contribution in [-0.2, 0) is 4.79 Å². The van der Waals surface area contributed by atoms with Gasteiger partial charge >= 0.3 is 0 Å². The summed E-state index contributed by atoms with van der Waals surface area (Å²) in [6.45, 7) is 5.53. The van der Waals surface area contributed by atoms with E-state index in [2.05, 4.69) is 34.3 Å². The number of aromatic nitrogens is 2. The summed E-state index contributed by atoms with van der Waals surface area (Å²) >= 11 is 1.61. The van der Waals surface area contributed by atoms with Crippen molar-refractivity contribution in [3.63, 3.8) is 0 Å². The predicted octanol–water partition coefficient (Wildman–Crippen LogP) is 1.79. The maximum absolute atomic E-state index is 12.1. The number of nitrogens with one attached hydrogen (secondary N) is 2. The monoisotopic (exact) mass is 304 g/mol. The molecule has 1 saturated heterocycles. The highest BCUT2D eigenvalue weighted by Gasteiger charge is 2.15. The summed E-state index contributed by atoms with van der Waals surface area (Å²) in [6, 6.07) is 6.18. The third kappa shape index (κ3) is 3.57. The number of hydrogen-bond acceptors (Lipinski definition) is 4. The van der Waals surface area contributed by atoms with Gasteiger partial charge in [0.25, 0.3) is 0 Å². The van der Waals surface area contributed by atoms with Crippen LogP contribution in [0.15, 0.2) is 23.4 Å². The van der Waals surface area contributed by atoms with Crippen molar-refractivity contribution in [2.24, 2.45) is 0 Å². The van der Waals surface area contributed by atoms with E-state index in [1.54, 1.807) is 11.8 Å². The van der Waals surface area contributed by atoms with Crippen molar-refractivity contribution in [1.29, 1.82) is 0 Å². The molecule has 0 aliphatic carbocycles. The second-order valence-corrected chi connectivity index (χ2v) is 6.38. The zero-order valence-corrected chi connectivity index (χ0v) is 13.0. The molecule has 0 radical (unpaired) electrons. The molecule has 3 rings (SSSR count). The third-order valence-electron chi connectivity index (χ3n) is 3.64. The summed E-state index contributed by atoms with van der Waals surface area (Å²) in [5.41, 5.74) is 3.26. The molecule has 2 N–H and O–H groups in total. The number of H-pyrrole nitrogens is 1. The molecule has 0 spiro atoms. The summed E-state index contributed by atoms with van der Waals surface area (Å²) in [6.07, 6.45) is 0.570. The minimum Gasteiger partial charge on any atom is -0.340 e. The lowest BCUT2D eigenvalue weighted by Gasteiger charge is -2.27. The fraction of sp³-hybridized carbons (Fsp3) is 0.467. The van der Waals surface area contributed by atoms with E-state index in [1.165, 1.54) is 5.56 Å². The summed E-state index contributed by atoms with van der Waals surface area (Å²) in [5, 5.41) is 4.15. The van der Waals surface area contributed by atoms with Gasteiger partial charge in [0.1, 0.15) is 0 Å². The first kappa shape index (κ1) is 14.4. The zero-order chi connectivity index (χ0) is 14.7. The molecule has 5 nitrogen and oxygen atoms in total. The van der Waals surface area contributed by atoms with Gasteiger partial charge in [0, 0.05) is 38.4 Å². The summed E-state index contributed by atoms with van der Waals surface area (Å²) < 4.78 is 0. The van der Waals surface area contributed by atoms with Crippen LogP contribution < -0.4 is 5.32 Å². The van der Waals surface area contributed by atoms with Gasteiger partial charge in [-0.1, -0.05) is 17.8 Å². The number of amides is 1. The molecule has 1 aliphatic rings. The van der Waals surface area contributed by atoms with E-state index in [4.69, 9.17) is 0 Å². The molecule has 0 unspecified atom stereocenters. The number of carbonyl (C=O) groups is 1. The van der Waals surface area contributed by atoms with Gasteiger partial charge in [0.05, 0.1) is 11.0 Å². The van der Waals surface area contributed by atoms with Crippen molar-refractivity contribution in [3.05, 3.63) is 23.8 Å². The van der Waals surface area contributed by atoms with Crippen LogP contribution >= 0.6 is 11.8 Å². The Kier molecular flexibility index (Phi) is 4.45. The van der Waals surface area contributed by atoms with Crippen molar-refractivity contribution >= 4 is 28.7 Å². The van der Waals surface area contributed by atoms with Gasteiger partial charge in [-0.15, -0.1) is 0 Å². The number of aryl methyl sites for hydroxylation is 1. The van der Waals surface area contributed by atoms with Crippen LogP contribution in [0, 0.1) is 6.92 Å². The van der Waals surface area contributed by atoms with Crippen molar-refractivity contribution in [3.8, 4) is 0 Å². The number of carbonyl (C=O) groups excluding carboxylic acids is 1. The Balaban J connectivity index is 1.53. The Bertz CT molecular complexity index is 634. The number of nitrogens with zero attached hydrogens (tertiary/aromatic N) is 2. The van der Waals surface area contributed by atoms with Gasteiger partial charge in [-0.3, -0.25) is 4.79 Å². The van der Waals surface area contributed by atoms with Crippen molar-refractivity contribution in [2.75, 3.05) is 31.9 Å². The van der Waals surface area contributed by atoms with E-state index in [0.29, 0.717) is 6.42 Å². The molecule has 0 atom stereocenters. The molecule has 112 valence electrons. The number of fused-ring (bicyclic) bond motifs is 1. The molecule has 0 saturated carbocycles. The Morgan fingerprint density at radius 3 is 3.00 bits per heavy atom. The normalized spacial score (nSPS) is 15.6. The van der Waals surface area contributed by atoms with E-state index >= 15 is 0 Å². The maximum atomic E-state index is 12.1. The van der Waals surface area contributed by atoms with Crippen molar-refractivity contribution < 1.29 is 4.79 Å². The van der Waals surface area contributed by atoms with E-state index in [9.17, 15) is 4.79 Å². The molecule has 1 fully saturated rings. The molecule has 6 heteroatoms. The second kappa shape index (κ2) is 6.49. The van der Waals surface area contributed by atoms with Gasteiger partial charge in [0.15, 0.2) is 5.16 Å². The minimum absolute atomic E-state index is 0.246. The van der Waals surface area contributed by atoms with Crippen LogP contribution in [0.2, 0.25) is 0 Å². The minimum atomic E-state index is 0.246. The highest BCUT2D eigenvalue weighted by atomic mass is 32.2. The average Bonchev–Trinajstić information content (AvgIpc) is 2.89. The Morgan fingerprint density at radius 2 is 2.19 bits per heavy atom. The lowest BCUT2D eigenvalue weighted by molar-refractivity contribution is -0.131. The SMILES string of the molecule is Cc1ccc2nc(SCCC(=O)N3CCNCC3)[nH]c2c1. The van der Waals surface area contributed by atoms with Crippen LogP contribution in [0.25, 0.3) is 11.0 Å². The molecule has 1 amide bonds. The average molecular weight is 304 g/mol. The summed E-state index contributed by atoms with van der Waals surface area (Å²) in [4.78, 5) is 21.8. The van der Waals surface area contributed by atoms with Gasteiger partial charge < -0.3 is 15.2 Å². The standard InChI is InChI=1S/C15H20N4OS/c1-11-2-3-12-13(10-11)18-15(17-12)21-9-4-14(20)19-7-5-16-6-8-19/h2-3,10,16H,4-9H2,1H3,(H,17,18). The van der Waals surface area contributed by atoms with E-state index in [-0.39, 0.29) is 5.91 Å². The second-order valence-electron chi connectivity index (χ2n) is 5.29. The number of benzene rings is 1. The first-order chi connectivity index (χ1) is 10.2. The van der Waals surface area contributed by atoms with Crippen LogP contribution in [0.3, 0.4) is 0 Å². The maximum Gasteiger partial charge on any atom is 0.223 e. The number of rotatable bonds is 4. The number of piperazine rings is 1. The molecule has 2 aromatic rings. The van der Waals surface area contributed by atoms with E-state index in [0.717, 1.165) is 48.1 Å². The summed E-state index contributed by atoms with van der Waals surface area (Å²) in [7, 11) is 0. The van der Waals surface area contributed by atoms with Crippen LogP contribution in [0.4, 0.5) is 0 Å². The van der Waals surface area contributed by atoms with Crippen LogP contribution in [0.5, 0.6) is 0 Å². The quantitative estimate of drug-likeness (QED) is 0.845. The topological polar surface area (TPSA) is 61.0 Å². The Labute approximate surface area is 128 Å². The molecular formula is C15H20N4OS. The van der Waals surface area contributed by atoms with Crippen molar-refractivity contribution in [2.45, 2.75) is 18.5 Å². The fourth-order valence-electron chi connectivity index (χ4n) is 2.48. The highest BCUT2D eigenvalue weighted by Crippen LogP contribution is 2.21. The van der Waals surface area contributed by atoms with Gasteiger partial charge in [-0.2, -0.15) is 0 Å². The van der Waals surface area contributed by atoms with Gasteiger partial charge in [0.2, 0.25) is 5.91 Å². The number of hydrogen-bond donors (Lipinski definition) is 2. The van der Waals surface area contributed by atoms with Crippen LogP contribution in [0.1, 0.15) is 12.0 Å². The molecule has 21 heavy (non-hydrogen) atoms. The Hall–Kier alpha value is -1.53. The molecule has 2 heterocycles. The van der Waals surface area contributed by atoms with Crippen molar-refractivity contribution in [1.82, 2.24) is 20.2 Å². The predicted molar refractivity (Wildman–Crippen MR) is 85.6 cm³/mol. The fourth-order valence-corrected chi connectivity index (χ4v) is 3.29. The van der Waals surface area contributed by atoms with Gasteiger partial charge in [-0.05, 0) is 24.6 Å². The smallest absolute Gasteiger partial charge is 0.223 e. The number of imidazole rings is 1. The Morgan fingerprint density at radius 1 is 1.38 bits per heavy atom. The first-order valence-electron chi connectivity index (χ1n) is 7.30. The van der Waals surface area contributed by atoms with Crippen LogP contribution in [-0.4, -0.2) is 52.7 Å². The van der Waals surface area contributed by atoms with Gasteiger partial charge in [-0.25, -0.2) is 4.98 Å². The highest BCUT2D eigenvalue weighted by molar-refractivity contribution is 7.99.